The Morgan fingerprint density at radius 3 is 2.73 bits per heavy atom. The molecular weight excluding hydrogens is 350 g/mol. The fraction of sp³-hybridized carbons (Fsp3) is 0.316. The summed E-state index contributed by atoms with van der Waals surface area (Å²) in [6.07, 6.45) is 4.39. The lowest BCUT2D eigenvalue weighted by Gasteiger charge is -2.13. The molecule has 6 nitrogen and oxygen atoms in total. The van der Waals surface area contributed by atoms with Crippen molar-refractivity contribution in [2.24, 2.45) is 0 Å². The molecule has 0 fully saturated rings. The van der Waals surface area contributed by atoms with Crippen molar-refractivity contribution in [1.29, 1.82) is 0 Å². The summed E-state index contributed by atoms with van der Waals surface area (Å²) in [4.78, 5) is 4.71. The predicted octanol–water partition coefficient (Wildman–Crippen LogP) is 2.95. The lowest BCUT2D eigenvalue weighted by Crippen LogP contribution is -2.26. The van der Waals surface area contributed by atoms with Gasteiger partial charge in [0, 0.05) is 25.4 Å². The van der Waals surface area contributed by atoms with Gasteiger partial charge in [0.05, 0.1) is 16.7 Å². The number of aryl methyl sites for hydroxylation is 1. The normalized spacial score (nSPS) is 12.0. The van der Waals surface area contributed by atoms with E-state index < -0.39 is 10.0 Å². The first-order valence-corrected chi connectivity index (χ1v) is 10.0. The minimum atomic E-state index is -3.57. The summed E-state index contributed by atoms with van der Waals surface area (Å²) >= 11 is 0. The molecule has 3 aromatic rings. The van der Waals surface area contributed by atoms with Crippen molar-refractivity contribution < 1.29 is 13.2 Å². The van der Waals surface area contributed by atoms with Gasteiger partial charge in [-0.3, -0.25) is 0 Å². The smallest absolute Gasteiger partial charge is 0.240 e. The Morgan fingerprint density at radius 1 is 1.23 bits per heavy atom. The van der Waals surface area contributed by atoms with Crippen molar-refractivity contribution in [3.05, 3.63) is 60.0 Å². The molecule has 0 saturated heterocycles. The first-order valence-electron chi connectivity index (χ1n) is 8.55. The molecule has 138 valence electrons. The molecule has 0 amide bonds. The number of rotatable bonds is 7. The number of benzene rings is 1. The highest BCUT2D eigenvalue weighted by Crippen LogP contribution is 2.22. The van der Waals surface area contributed by atoms with Crippen LogP contribution in [0.1, 0.15) is 25.1 Å². The highest BCUT2D eigenvalue weighted by atomic mass is 32.2. The van der Waals surface area contributed by atoms with Crippen LogP contribution >= 0.6 is 0 Å². The monoisotopic (exact) mass is 373 g/mol. The number of hydrogen-bond acceptors (Lipinski definition) is 4. The van der Waals surface area contributed by atoms with Crippen LogP contribution in [0.25, 0.3) is 5.65 Å². The molecule has 2 aromatic heterocycles. The van der Waals surface area contributed by atoms with E-state index >= 15 is 0 Å². The third-order valence-electron chi connectivity index (χ3n) is 3.91. The average Bonchev–Trinajstić information content (AvgIpc) is 2.98. The van der Waals surface area contributed by atoms with Gasteiger partial charge in [0.25, 0.3) is 0 Å². The second kappa shape index (κ2) is 7.47. The molecule has 2 heterocycles. The maximum atomic E-state index is 12.5. The maximum Gasteiger partial charge on any atom is 0.240 e. The van der Waals surface area contributed by atoms with E-state index in [0.717, 1.165) is 16.9 Å². The number of imidazole rings is 1. The molecule has 0 radical (unpaired) electrons. The summed E-state index contributed by atoms with van der Waals surface area (Å²) in [5.74, 6) is 0.698. The SMILES string of the molecule is Cc1cc(S(=O)(=O)NCCc2cn3ccccc3n2)ccc1OC(C)C. The van der Waals surface area contributed by atoms with E-state index in [2.05, 4.69) is 9.71 Å². The molecule has 0 unspecified atom stereocenters. The number of pyridine rings is 1. The summed E-state index contributed by atoms with van der Waals surface area (Å²) in [6, 6.07) is 10.7. The number of ether oxygens (including phenoxy) is 1. The first kappa shape index (κ1) is 18.4. The van der Waals surface area contributed by atoms with Crippen LogP contribution < -0.4 is 9.46 Å². The molecule has 7 heteroatoms. The summed E-state index contributed by atoms with van der Waals surface area (Å²) < 4.78 is 35.2. The van der Waals surface area contributed by atoms with E-state index in [4.69, 9.17) is 4.74 Å². The van der Waals surface area contributed by atoms with Crippen LogP contribution in [-0.4, -0.2) is 30.5 Å². The van der Waals surface area contributed by atoms with Crippen molar-refractivity contribution >= 4 is 15.7 Å². The quantitative estimate of drug-likeness (QED) is 0.691. The van der Waals surface area contributed by atoms with Crippen molar-refractivity contribution in [3.63, 3.8) is 0 Å². The summed E-state index contributed by atoms with van der Waals surface area (Å²) in [5, 5.41) is 0. The minimum Gasteiger partial charge on any atom is -0.491 e. The molecule has 0 bridgehead atoms. The number of hydrogen-bond donors (Lipinski definition) is 1. The van der Waals surface area contributed by atoms with Crippen LogP contribution in [0.3, 0.4) is 0 Å². The van der Waals surface area contributed by atoms with E-state index in [1.165, 1.54) is 0 Å². The topological polar surface area (TPSA) is 72.7 Å². The molecule has 0 spiro atoms. The van der Waals surface area contributed by atoms with Crippen LogP contribution in [0.5, 0.6) is 5.75 Å². The summed E-state index contributed by atoms with van der Waals surface area (Å²) in [6.45, 7) is 6.00. The largest absolute Gasteiger partial charge is 0.491 e. The number of nitrogens with one attached hydrogen (secondary N) is 1. The standard InChI is InChI=1S/C19H23N3O3S/c1-14(2)25-18-8-7-17(12-15(18)3)26(23,24)20-10-9-16-13-22-11-5-4-6-19(22)21-16/h4-8,11-14,20H,9-10H2,1-3H3. The van der Waals surface area contributed by atoms with Crippen molar-refractivity contribution in [3.8, 4) is 5.75 Å². The molecule has 0 atom stereocenters. The molecular formula is C19H23N3O3S. The van der Waals surface area contributed by atoms with Gasteiger partial charge in [-0.2, -0.15) is 0 Å². The Kier molecular flexibility index (Phi) is 5.29. The van der Waals surface area contributed by atoms with Crippen LogP contribution in [0, 0.1) is 6.92 Å². The maximum absolute atomic E-state index is 12.5. The fourth-order valence-electron chi connectivity index (χ4n) is 2.68. The van der Waals surface area contributed by atoms with Gasteiger partial charge < -0.3 is 9.14 Å². The van der Waals surface area contributed by atoms with Crippen molar-refractivity contribution in [1.82, 2.24) is 14.1 Å². The van der Waals surface area contributed by atoms with E-state index in [0.29, 0.717) is 12.2 Å². The number of nitrogens with zero attached hydrogens (tertiary/aromatic N) is 2. The van der Waals surface area contributed by atoms with E-state index in [1.54, 1.807) is 18.2 Å². The van der Waals surface area contributed by atoms with Crippen molar-refractivity contribution in [2.75, 3.05) is 6.54 Å². The molecule has 0 aliphatic heterocycles. The van der Waals surface area contributed by atoms with Gasteiger partial charge in [-0.15, -0.1) is 0 Å². The van der Waals surface area contributed by atoms with Gasteiger partial charge in [-0.1, -0.05) is 6.07 Å². The Balaban J connectivity index is 1.65. The zero-order chi connectivity index (χ0) is 18.7. The summed E-state index contributed by atoms with van der Waals surface area (Å²) in [5.41, 5.74) is 2.49. The molecule has 1 aromatic carbocycles. The average molecular weight is 373 g/mol. The lowest BCUT2D eigenvalue weighted by molar-refractivity contribution is 0.240. The summed E-state index contributed by atoms with van der Waals surface area (Å²) in [7, 11) is -3.57. The van der Waals surface area contributed by atoms with Gasteiger partial charge >= 0.3 is 0 Å². The second-order valence-electron chi connectivity index (χ2n) is 6.44. The molecule has 0 aliphatic carbocycles. The van der Waals surface area contributed by atoms with Gasteiger partial charge in [0.2, 0.25) is 10.0 Å². The zero-order valence-electron chi connectivity index (χ0n) is 15.1. The second-order valence-corrected chi connectivity index (χ2v) is 8.21. The van der Waals surface area contributed by atoms with Gasteiger partial charge in [0.15, 0.2) is 0 Å². The third kappa shape index (κ3) is 4.23. The Bertz CT molecular complexity index is 977. The Morgan fingerprint density at radius 2 is 2.04 bits per heavy atom. The van der Waals surface area contributed by atoms with Crippen LogP contribution in [0.2, 0.25) is 0 Å². The third-order valence-corrected chi connectivity index (χ3v) is 5.37. The van der Waals surface area contributed by atoms with Gasteiger partial charge in [-0.05, 0) is 56.7 Å². The molecule has 3 rings (SSSR count). The zero-order valence-corrected chi connectivity index (χ0v) is 16.0. The molecule has 26 heavy (non-hydrogen) atoms. The number of fused-ring (bicyclic) bond motifs is 1. The van der Waals surface area contributed by atoms with Crippen LogP contribution in [0.15, 0.2) is 53.7 Å². The van der Waals surface area contributed by atoms with E-state index in [1.807, 2.05) is 55.8 Å². The Labute approximate surface area is 153 Å². The Hall–Kier alpha value is -2.38. The minimum absolute atomic E-state index is 0.0414. The highest BCUT2D eigenvalue weighted by Gasteiger charge is 2.15. The van der Waals surface area contributed by atoms with Gasteiger partial charge in [-0.25, -0.2) is 18.1 Å². The fourth-order valence-corrected chi connectivity index (χ4v) is 3.80. The van der Waals surface area contributed by atoms with Gasteiger partial charge in [0.1, 0.15) is 11.4 Å². The van der Waals surface area contributed by atoms with Crippen molar-refractivity contribution in [2.45, 2.75) is 38.2 Å². The number of aromatic nitrogens is 2. The lowest BCUT2D eigenvalue weighted by atomic mass is 10.2. The predicted molar refractivity (Wildman–Crippen MR) is 101 cm³/mol. The number of sulfonamides is 1. The van der Waals surface area contributed by atoms with E-state index in [-0.39, 0.29) is 17.5 Å². The molecule has 0 aliphatic rings. The van der Waals surface area contributed by atoms with E-state index in [9.17, 15) is 8.42 Å². The molecule has 1 N–H and O–H groups in total. The van der Waals surface area contributed by atoms with Crippen LogP contribution in [-0.2, 0) is 16.4 Å². The molecule has 0 saturated carbocycles. The first-order chi connectivity index (χ1) is 12.3. The van der Waals surface area contributed by atoms with Crippen LogP contribution in [0.4, 0.5) is 0 Å². The highest BCUT2D eigenvalue weighted by molar-refractivity contribution is 7.89.